The Balaban J connectivity index is 1.39. The van der Waals surface area contributed by atoms with Crippen molar-refractivity contribution in [3.63, 3.8) is 0 Å². The largest absolute Gasteiger partial charge is 0.396 e. The number of nitrogens with zero attached hydrogens (tertiary/aromatic N) is 4. The van der Waals surface area contributed by atoms with Crippen molar-refractivity contribution in [2.45, 2.75) is 31.8 Å². The Hall–Kier alpha value is -2.28. The summed E-state index contributed by atoms with van der Waals surface area (Å²) >= 11 is 0. The van der Waals surface area contributed by atoms with E-state index in [0.29, 0.717) is 17.7 Å². The molecule has 0 spiro atoms. The third kappa shape index (κ3) is 2.80. The molecule has 7 nitrogen and oxygen atoms in total. The molecular formula is C17H21N5O2. The fourth-order valence-corrected chi connectivity index (χ4v) is 4.27. The van der Waals surface area contributed by atoms with Crippen LogP contribution in [0.1, 0.15) is 19.3 Å². The molecule has 1 aromatic heterocycles. The summed E-state index contributed by atoms with van der Waals surface area (Å²) in [6.07, 6.45) is 3.44. The summed E-state index contributed by atoms with van der Waals surface area (Å²) in [7, 11) is 0. The van der Waals surface area contributed by atoms with E-state index >= 15 is 0 Å². The van der Waals surface area contributed by atoms with Crippen molar-refractivity contribution < 1.29 is 9.90 Å². The standard InChI is InChI=1S/C17H21N5O2/c23-10-14-12-6-7-13(8-12)16(14)18-15(24)9-22-20-17(19-21-22)11-4-2-1-3-5-11/h1-5,12-14,16,23H,6-10H2,(H,18,24). The van der Waals surface area contributed by atoms with Crippen LogP contribution >= 0.6 is 0 Å². The quantitative estimate of drug-likeness (QED) is 0.850. The van der Waals surface area contributed by atoms with E-state index in [2.05, 4.69) is 20.7 Å². The topological polar surface area (TPSA) is 92.9 Å². The number of nitrogens with one attached hydrogen (secondary N) is 1. The summed E-state index contributed by atoms with van der Waals surface area (Å²) < 4.78 is 0. The molecule has 1 heterocycles. The van der Waals surface area contributed by atoms with Gasteiger partial charge in [-0.25, -0.2) is 0 Å². The van der Waals surface area contributed by atoms with Gasteiger partial charge in [-0.15, -0.1) is 10.2 Å². The number of carbonyl (C=O) groups excluding carboxylic acids is 1. The molecule has 126 valence electrons. The maximum Gasteiger partial charge on any atom is 0.243 e. The first-order valence-electron chi connectivity index (χ1n) is 8.48. The molecule has 2 N–H and O–H groups in total. The minimum absolute atomic E-state index is 0.0475. The maximum absolute atomic E-state index is 12.3. The minimum Gasteiger partial charge on any atom is -0.396 e. The van der Waals surface area contributed by atoms with E-state index in [4.69, 9.17) is 0 Å². The molecule has 2 aliphatic rings. The molecule has 2 saturated carbocycles. The second kappa shape index (κ2) is 6.32. The third-order valence-electron chi connectivity index (χ3n) is 5.40. The zero-order valence-electron chi connectivity index (χ0n) is 13.4. The van der Waals surface area contributed by atoms with E-state index in [0.717, 1.165) is 18.4 Å². The molecule has 4 atom stereocenters. The molecule has 0 radical (unpaired) electrons. The van der Waals surface area contributed by atoms with Crippen LogP contribution in [0.2, 0.25) is 0 Å². The molecule has 2 bridgehead atoms. The summed E-state index contributed by atoms with van der Waals surface area (Å²) in [4.78, 5) is 13.6. The van der Waals surface area contributed by atoms with Crippen LogP contribution in [0, 0.1) is 17.8 Å². The number of hydrogen-bond acceptors (Lipinski definition) is 5. The van der Waals surface area contributed by atoms with E-state index in [1.165, 1.54) is 11.2 Å². The van der Waals surface area contributed by atoms with Gasteiger partial charge in [-0.1, -0.05) is 30.3 Å². The number of tetrazole rings is 1. The van der Waals surface area contributed by atoms with Crippen molar-refractivity contribution >= 4 is 5.91 Å². The predicted octanol–water partition coefficient (Wildman–Crippen LogP) is 0.863. The molecular weight excluding hydrogens is 306 g/mol. The molecule has 2 fully saturated rings. The number of amides is 1. The Morgan fingerprint density at radius 2 is 2.04 bits per heavy atom. The van der Waals surface area contributed by atoms with Gasteiger partial charge in [0, 0.05) is 24.1 Å². The van der Waals surface area contributed by atoms with Gasteiger partial charge in [0.05, 0.1) is 0 Å². The lowest BCUT2D eigenvalue weighted by Crippen LogP contribution is -2.46. The van der Waals surface area contributed by atoms with Crippen LogP contribution < -0.4 is 5.32 Å². The Morgan fingerprint density at radius 3 is 2.83 bits per heavy atom. The van der Waals surface area contributed by atoms with Crippen molar-refractivity contribution in [3.05, 3.63) is 30.3 Å². The fourth-order valence-electron chi connectivity index (χ4n) is 4.27. The molecule has 0 aliphatic heterocycles. The van der Waals surface area contributed by atoms with Crippen molar-refractivity contribution in [2.75, 3.05) is 6.61 Å². The average Bonchev–Trinajstić information content (AvgIpc) is 3.31. The molecule has 2 aliphatic carbocycles. The Morgan fingerprint density at radius 1 is 1.25 bits per heavy atom. The van der Waals surface area contributed by atoms with Crippen LogP contribution in [0.25, 0.3) is 11.4 Å². The zero-order chi connectivity index (χ0) is 16.5. The number of benzene rings is 1. The van der Waals surface area contributed by atoms with Gasteiger partial charge >= 0.3 is 0 Å². The van der Waals surface area contributed by atoms with Gasteiger partial charge in [0.15, 0.2) is 0 Å². The van der Waals surface area contributed by atoms with E-state index in [-0.39, 0.29) is 31.0 Å². The van der Waals surface area contributed by atoms with E-state index in [9.17, 15) is 9.90 Å². The maximum atomic E-state index is 12.3. The highest BCUT2D eigenvalue weighted by Gasteiger charge is 2.47. The first-order chi connectivity index (χ1) is 11.7. The van der Waals surface area contributed by atoms with Crippen LogP contribution in [0.15, 0.2) is 30.3 Å². The van der Waals surface area contributed by atoms with Crippen molar-refractivity contribution in [3.8, 4) is 11.4 Å². The summed E-state index contributed by atoms with van der Waals surface area (Å²) in [6.45, 7) is 0.192. The van der Waals surface area contributed by atoms with Crippen LogP contribution in [-0.4, -0.2) is 43.9 Å². The Kier molecular flexibility index (Phi) is 4.02. The highest BCUT2D eigenvalue weighted by atomic mass is 16.3. The predicted molar refractivity (Wildman–Crippen MR) is 86.6 cm³/mol. The van der Waals surface area contributed by atoms with Gasteiger partial charge in [0.25, 0.3) is 0 Å². The van der Waals surface area contributed by atoms with Gasteiger partial charge in [-0.3, -0.25) is 4.79 Å². The number of aliphatic hydroxyl groups excluding tert-OH is 1. The molecule has 1 aromatic carbocycles. The monoisotopic (exact) mass is 327 g/mol. The number of aromatic nitrogens is 4. The summed E-state index contributed by atoms with van der Waals surface area (Å²) in [5, 5.41) is 24.9. The second-order valence-corrected chi connectivity index (χ2v) is 6.78. The highest BCUT2D eigenvalue weighted by molar-refractivity contribution is 5.76. The van der Waals surface area contributed by atoms with E-state index in [1.54, 1.807) is 0 Å². The van der Waals surface area contributed by atoms with Gasteiger partial charge in [-0.2, -0.15) is 4.80 Å². The summed E-state index contributed by atoms with van der Waals surface area (Å²) in [5.41, 5.74) is 0.873. The Labute approximate surface area is 140 Å². The number of hydrogen-bond donors (Lipinski definition) is 2. The number of carbonyl (C=O) groups is 1. The molecule has 24 heavy (non-hydrogen) atoms. The lowest BCUT2D eigenvalue weighted by molar-refractivity contribution is -0.123. The smallest absolute Gasteiger partial charge is 0.243 e. The zero-order valence-corrected chi connectivity index (χ0v) is 13.4. The number of fused-ring (bicyclic) bond motifs is 2. The fraction of sp³-hybridized carbons (Fsp3) is 0.529. The van der Waals surface area contributed by atoms with Crippen LogP contribution in [0.3, 0.4) is 0 Å². The summed E-state index contributed by atoms with van der Waals surface area (Å²) in [5.74, 6) is 1.63. The van der Waals surface area contributed by atoms with E-state index < -0.39 is 0 Å². The van der Waals surface area contributed by atoms with Gasteiger partial charge in [0.1, 0.15) is 6.54 Å². The Bertz CT molecular complexity index is 717. The molecule has 7 heteroatoms. The lowest BCUT2D eigenvalue weighted by Gasteiger charge is -2.30. The van der Waals surface area contributed by atoms with Crippen molar-refractivity contribution in [1.82, 2.24) is 25.5 Å². The molecule has 1 amide bonds. The van der Waals surface area contributed by atoms with Crippen LogP contribution in [0.4, 0.5) is 0 Å². The molecule has 4 unspecified atom stereocenters. The summed E-state index contributed by atoms with van der Waals surface area (Å²) in [6, 6.07) is 9.64. The first-order valence-corrected chi connectivity index (χ1v) is 8.48. The van der Waals surface area contributed by atoms with Gasteiger partial charge < -0.3 is 10.4 Å². The van der Waals surface area contributed by atoms with Gasteiger partial charge in [-0.05, 0) is 36.3 Å². The molecule has 4 rings (SSSR count). The van der Waals surface area contributed by atoms with Crippen LogP contribution in [0.5, 0.6) is 0 Å². The first kappa shape index (κ1) is 15.3. The van der Waals surface area contributed by atoms with Crippen LogP contribution in [-0.2, 0) is 11.3 Å². The van der Waals surface area contributed by atoms with Gasteiger partial charge in [0.2, 0.25) is 11.7 Å². The molecule has 2 aromatic rings. The molecule has 0 saturated heterocycles. The van der Waals surface area contributed by atoms with Crippen molar-refractivity contribution in [1.29, 1.82) is 0 Å². The second-order valence-electron chi connectivity index (χ2n) is 6.78. The highest BCUT2D eigenvalue weighted by Crippen LogP contribution is 2.48. The van der Waals surface area contributed by atoms with E-state index in [1.807, 2.05) is 30.3 Å². The minimum atomic E-state index is -0.122. The number of rotatable bonds is 5. The van der Waals surface area contributed by atoms with Crippen molar-refractivity contribution in [2.24, 2.45) is 17.8 Å². The third-order valence-corrected chi connectivity index (χ3v) is 5.40. The SMILES string of the molecule is O=C(Cn1nnc(-c2ccccc2)n1)NC1C2CCC(C2)C1CO. The normalized spacial score (nSPS) is 28.2. The lowest BCUT2D eigenvalue weighted by atomic mass is 9.85. The average molecular weight is 327 g/mol. The number of aliphatic hydroxyl groups is 1.